The van der Waals surface area contributed by atoms with E-state index >= 15 is 0 Å². The van der Waals surface area contributed by atoms with E-state index in [1.807, 2.05) is 24.8 Å². The zero-order valence-corrected chi connectivity index (χ0v) is 14.0. The van der Waals surface area contributed by atoms with Gasteiger partial charge in [0.2, 0.25) is 5.88 Å². The second kappa shape index (κ2) is 7.30. The van der Waals surface area contributed by atoms with Gasteiger partial charge in [0.15, 0.2) is 0 Å². The average molecular weight is 318 g/mol. The molecular formula is C18H26N2O3. The van der Waals surface area contributed by atoms with Crippen molar-refractivity contribution >= 4 is 5.91 Å². The number of pyridine rings is 1. The Morgan fingerprint density at radius 1 is 1.35 bits per heavy atom. The van der Waals surface area contributed by atoms with Crippen LogP contribution in [0.3, 0.4) is 0 Å². The molecular weight excluding hydrogens is 292 g/mol. The van der Waals surface area contributed by atoms with Crippen molar-refractivity contribution in [2.75, 3.05) is 19.7 Å². The Balaban J connectivity index is 1.59. The van der Waals surface area contributed by atoms with Crippen molar-refractivity contribution in [3.63, 3.8) is 0 Å². The third-order valence-electron chi connectivity index (χ3n) is 4.23. The van der Waals surface area contributed by atoms with Crippen LogP contribution in [0.25, 0.3) is 0 Å². The van der Waals surface area contributed by atoms with Gasteiger partial charge in [-0.2, -0.15) is 0 Å². The fraction of sp³-hybridized carbons (Fsp3) is 0.667. The Bertz CT molecular complexity index is 543. The molecule has 1 aromatic rings. The molecule has 2 heterocycles. The lowest BCUT2D eigenvalue weighted by atomic mass is 10.1. The standard InChI is InChI=1S/C18H26N2O3/c1-13(2)23-17-7-3-6-16(19-17)18(21)20-10-4-5-15(11-20)22-12-14-8-9-14/h3,6-7,13-15H,4-5,8-12H2,1-2H3. The van der Waals surface area contributed by atoms with E-state index < -0.39 is 0 Å². The average Bonchev–Trinajstić information content (AvgIpc) is 3.36. The third kappa shape index (κ3) is 4.67. The van der Waals surface area contributed by atoms with E-state index in [-0.39, 0.29) is 18.1 Å². The van der Waals surface area contributed by atoms with E-state index in [2.05, 4.69) is 4.98 Å². The fourth-order valence-electron chi connectivity index (χ4n) is 2.82. The first-order valence-electron chi connectivity index (χ1n) is 8.66. The molecule has 0 spiro atoms. The molecule has 0 N–H and O–H groups in total. The second-order valence-electron chi connectivity index (χ2n) is 6.82. The Hall–Kier alpha value is -1.62. The summed E-state index contributed by atoms with van der Waals surface area (Å²) in [6.45, 7) is 6.19. The van der Waals surface area contributed by atoms with Gasteiger partial charge in [0.1, 0.15) is 5.69 Å². The SMILES string of the molecule is CC(C)Oc1cccc(C(=O)N2CCCC(OCC3CC3)C2)n1. The van der Waals surface area contributed by atoms with E-state index in [0.29, 0.717) is 18.1 Å². The van der Waals surface area contributed by atoms with Crippen molar-refractivity contribution in [1.82, 2.24) is 9.88 Å². The largest absolute Gasteiger partial charge is 0.475 e. The molecule has 0 bridgehead atoms. The van der Waals surface area contributed by atoms with Crippen molar-refractivity contribution in [3.8, 4) is 5.88 Å². The van der Waals surface area contributed by atoms with Crippen molar-refractivity contribution in [1.29, 1.82) is 0 Å². The minimum Gasteiger partial charge on any atom is -0.475 e. The smallest absolute Gasteiger partial charge is 0.272 e. The van der Waals surface area contributed by atoms with Crippen LogP contribution in [-0.2, 0) is 4.74 Å². The number of likely N-dealkylation sites (tertiary alicyclic amines) is 1. The molecule has 2 fully saturated rings. The quantitative estimate of drug-likeness (QED) is 0.809. The van der Waals surface area contributed by atoms with E-state index in [1.54, 1.807) is 12.1 Å². The minimum atomic E-state index is -0.0288. The minimum absolute atomic E-state index is 0.0288. The molecule has 126 valence electrons. The number of hydrogen-bond donors (Lipinski definition) is 0. The highest BCUT2D eigenvalue weighted by atomic mass is 16.5. The van der Waals surface area contributed by atoms with Gasteiger partial charge in [-0.05, 0) is 51.5 Å². The van der Waals surface area contributed by atoms with E-state index in [9.17, 15) is 4.79 Å². The van der Waals surface area contributed by atoms with E-state index in [0.717, 1.165) is 31.9 Å². The molecule has 1 saturated heterocycles. The summed E-state index contributed by atoms with van der Waals surface area (Å²) in [5.74, 6) is 1.23. The molecule has 23 heavy (non-hydrogen) atoms. The zero-order chi connectivity index (χ0) is 16.2. The molecule has 1 aromatic heterocycles. The lowest BCUT2D eigenvalue weighted by Gasteiger charge is -2.32. The lowest BCUT2D eigenvalue weighted by Crippen LogP contribution is -2.43. The molecule has 3 rings (SSSR count). The van der Waals surface area contributed by atoms with Crippen LogP contribution in [0.5, 0.6) is 5.88 Å². The Kier molecular flexibility index (Phi) is 5.16. The molecule has 1 aliphatic heterocycles. The normalized spacial score (nSPS) is 21.5. The molecule has 2 aliphatic rings. The zero-order valence-electron chi connectivity index (χ0n) is 14.0. The van der Waals surface area contributed by atoms with Gasteiger partial charge >= 0.3 is 0 Å². The molecule has 1 saturated carbocycles. The molecule has 1 amide bonds. The first kappa shape index (κ1) is 16.2. The molecule has 0 aromatic carbocycles. The maximum absolute atomic E-state index is 12.7. The number of carbonyl (C=O) groups excluding carboxylic acids is 1. The highest BCUT2D eigenvalue weighted by Gasteiger charge is 2.28. The summed E-state index contributed by atoms with van der Waals surface area (Å²) in [4.78, 5) is 18.9. The van der Waals surface area contributed by atoms with Crippen LogP contribution in [0, 0.1) is 5.92 Å². The fourth-order valence-corrected chi connectivity index (χ4v) is 2.82. The highest BCUT2D eigenvalue weighted by molar-refractivity contribution is 5.92. The number of piperidine rings is 1. The monoisotopic (exact) mass is 318 g/mol. The van der Waals surface area contributed by atoms with Gasteiger partial charge < -0.3 is 14.4 Å². The number of amides is 1. The molecule has 1 atom stereocenters. The number of ether oxygens (including phenoxy) is 2. The molecule has 0 radical (unpaired) electrons. The molecule has 1 aliphatic carbocycles. The van der Waals surface area contributed by atoms with Crippen LogP contribution in [-0.4, -0.2) is 47.7 Å². The van der Waals surface area contributed by atoms with Crippen LogP contribution >= 0.6 is 0 Å². The molecule has 5 nitrogen and oxygen atoms in total. The van der Waals surface area contributed by atoms with Crippen molar-refractivity contribution in [2.24, 2.45) is 5.92 Å². The van der Waals surface area contributed by atoms with Crippen LogP contribution in [0.1, 0.15) is 50.0 Å². The van der Waals surface area contributed by atoms with Gasteiger partial charge in [0, 0.05) is 25.8 Å². The predicted molar refractivity (Wildman–Crippen MR) is 87.6 cm³/mol. The van der Waals surface area contributed by atoms with Crippen LogP contribution in [0.15, 0.2) is 18.2 Å². The number of hydrogen-bond acceptors (Lipinski definition) is 4. The van der Waals surface area contributed by atoms with Crippen LogP contribution < -0.4 is 4.74 Å². The van der Waals surface area contributed by atoms with Gasteiger partial charge in [-0.1, -0.05) is 6.07 Å². The maximum atomic E-state index is 12.7. The number of nitrogens with zero attached hydrogens (tertiary/aromatic N) is 2. The number of rotatable bonds is 6. The Morgan fingerprint density at radius 2 is 2.17 bits per heavy atom. The van der Waals surface area contributed by atoms with Crippen molar-refractivity contribution < 1.29 is 14.3 Å². The Labute approximate surface area is 138 Å². The van der Waals surface area contributed by atoms with Gasteiger partial charge in [0.05, 0.1) is 12.2 Å². The van der Waals surface area contributed by atoms with E-state index in [4.69, 9.17) is 9.47 Å². The summed E-state index contributed by atoms with van der Waals surface area (Å²) in [6, 6.07) is 5.36. The molecule has 5 heteroatoms. The second-order valence-corrected chi connectivity index (χ2v) is 6.82. The Morgan fingerprint density at radius 3 is 2.91 bits per heavy atom. The summed E-state index contributed by atoms with van der Waals surface area (Å²) >= 11 is 0. The number of carbonyl (C=O) groups is 1. The van der Waals surface area contributed by atoms with Crippen LogP contribution in [0.4, 0.5) is 0 Å². The summed E-state index contributed by atoms with van der Waals surface area (Å²) in [5.41, 5.74) is 0.450. The van der Waals surface area contributed by atoms with Crippen molar-refractivity contribution in [3.05, 3.63) is 23.9 Å². The summed E-state index contributed by atoms with van der Waals surface area (Å²) in [6.07, 6.45) is 4.83. The predicted octanol–water partition coefficient (Wildman–Crippen LogP) is 2.90. The maximum Gasteiger partial charge on any atom is 0.272 e. The van der Waals surface area contributed by atoms with E-state index in [1.165, 1.54) is 12.8 Å². The lowest BCUT2D eigenvalue weighted by molar-refractivity contribution is -0.00262. The summed E-state index contributed by atoms with van der Waals surface area (Å²) in [5, 5.41) is 0. The molecule has 1 unspecified atom stereocenters. The van der Waals surface area contributed by atoms with Gasteiger partial charge in [-0.25, -0.2) is 4.98 Å². The number of aromatic nitrogens is 1. The topological polar surface area (TPSA) is 51.7 Å². The van der Waals surface area contributed by atoms with Gasteiger partial charge in [0.25, 0.3) is 5.91 Å². The first-order chi connectivity index (χ1) is 11.1. The van der Waals surface area contributed by atoms with Gasteiger partial charge in [-0.3, -0.25) is 4.79 Å². The van der Waals surface area contributed by atoms with Gasteiger partial charge in [-0.15, -0.1) is 0 Å². The summed E-state index contributed by atoms with van der Waals surface area (Å²) in [7, 11) is 0. The third-order valence-corrected chi connectivity index (χ3v) is 4.23. The van der Waals surface area contributed by atoms with Crippen molar-refractivity contribution in [2.45, 2.75) is 51.7 Å². The summed E-state index contributed by atoms with van der Waals surface area (Å²) < 4.78 is 11.5. The van der Waals surface area contributed by atoms with Crippen LogP contribution in [0.2, 0.25) is 0 Å². The highest BCUT2D eigenvalue weighted by Crippen LogP contribution is 2.30. The first-order valence-corrected chi connectivity index (χ1v) is 8.66.